The molecule has 0 aromatic heterocycles. The van der Waals surface area contributed by atoms with Crippen LogP contribution in [0.5, 0.6) is 11.5 Å². The molecule has 2 rings (SSSR count). The Labute approximate surface area is 417 Å². The van der Waals surface area contributed by atoms with Gasteiger partial charge in [0, 0.05) is 56.5 Å². The fourth-order valence-corrected chi connectivity index (χ4v) is 11.2. The minimum Gasteiger partial charge on any atom is -0.426 e. The van der Waals surface area contributed by atoms with Gasteiger partial charge in [0.15, 0.2) is 0 Å². The van der Waals surface area contributed by atoms with Gasteiger partial charge >= 0.3 is 11.9 Å². The monoisotopic (exact) mass is 975 g/mol. The largest absolute Gasteiger partial charge is 0.426 e. The fourth-order valence-electron chi connectivity index (χ4n) is 7.89. The van der Waals surface area contributed by atoms with E-state index in [1.165, 1.54) is 178 Å². The zero-order chi connectivity index (χ0) is 47.8. The zero-order valence-electron chi connectivity index (χ0n) is 43.2. The SMILES string of the molecule is CCCCCCCCCCCCCCSCCC(=O)Oc1cc(C)c(SOSc2cc(C(C)(C)C)c(OC(=O)CCSCCCCCCCCCCCCCC)cc2C)cc1C(C)(C)C. The van der Waals surface area contributed by atoms with Gasteiger partial charge in [0.25, 0.3) is 0 Å². The molecule has 0 atom stereocenters. The molecule has 372 valence electrons. The Kier molecular flexibility index (Phi) is 33.0. The van der Waals surface area contributed by atoms with Gasteiger partial charge in [-0.2, -0.15) is 23.5 Å². The standard InChI is InChI=1S/C56H94O5S4/c1-11-13-15-17-19-21-23-25-27-29-31-33-37-62-39-35-53(57)59-49-41-45(3)51(43-47(49)55(5,6)7)64-61-65-52-44-48(56(8,9)10)50(42-46(52)4)60-54(58)36-40-63-38-34-32-30-28-26-24-22-20-18-16-14-12-2/h41-44H,11-40H2,1-10H3. The molecule has 0 fully saturated rings. The first-order valence-corrected chi connectivity index (χ1v) is 29.8. The van der Waals surface area contributed by atoms with Crippen LogP contribution in [0, 0.1) is 13.8 Å². The highest BCUT2D eigenvalue weighted by molar-refractivity contribution is 8.08. The number of hydrogen-bond acceptors (Lipinski definition) is 9. The van der Waals surface area contributed by atoms with E-state index in [1.54, 1.807) is 0 Å². The van der Waals surface area contributed by atoms with Crippen molar-refractivity contribution in [2.75, 3.05) is 23.0 Å². The van der Waals surface area contributed by atoms with Gasteiger partial charge < -0.3 is 9.47 Å². The average molecular weight is 976 g/mol. The highest BCUT2D eigenvalue weighted by Crippen LogP contribution is 2.42. The van der Waals surface area contributed by atoms with Gasteiger partial charge in [-0.05, 0) is 84.4 Å². The molecule has 9 heteroatoms. The number of thioether (sulfide) groups is 2. The summed E-state index contributed by atoms with van der Waals surface area (Å²) in [5, 5.41) is 0. The summed E-state index contributed by atoms with van der Waals surface area (Å²) in [6.45, 7) is 21.5. The number of carbonyl (C=O) groups is 2. The van der Waals surface area contributed by atoms with Crippen molar-refractivity contribution in [3.63, 3.8) is 0 Å². The van der Waals surface area contributed by atoms with Crippen LogP contribution < -0.4 is 9.47 Å². The van der Waals surface area contributed by atoms with Gasteiger partial charge in [-0.25, -0.2) is 3.63 Å². The third kappa shape index (κ3) is 28.1. The first kappa shape index (κ1) is 59.9. The third-order valence-electron chi connectivity index (χ3n) is 12.1. The van der Waals surface area contributed by atoms with Crippen molar-refractivity contribution in [2.45, 2.75) is 257 Å². The maximum atomic E-state index is 13.0. The Morgan fingerprint density at radius 3 is 1.02 bits per heavy atom. The number of benzene rings is 2. The summed E-state index contributed by atoms with van der Waals surface area (Å²) in [4.78, 5) is 28.0. The van der Waals surface area contributed by atoms with Crippen molar-refractivity contribution in [3.8, 4) is 11.5 Å². The number of ether oxygens (including phenoxy) is 2. The van der Waals surface area contributed by atoms with Crippen LogP contribution in [-0.2, 0) is 24.0 Å². The zero-order valence-corrected chi connectivity index (χ0v) is 46.5. The lowest BCUT2D eigenvalue weighted by Crippen LogP contribution is -2.17. The summed E-state index contributed by atoms with van der Waals surface area (Å²) < 4.78 is 18.3. The Morgan fingerprint density at radius 2 is 0.723 bits per heavy atom. The molecule has 65 heavy (non-hydrogen) atoms. The van der Waals surface area contributed by atoms with Gasteiger partial charge in [0.1, 0.15) is 11.5 Å². The van der Waals surface area contributed by atoms with Gasteiger partial charge in [-0.15, -0.1) is 0 Å². The normalized spacial score (nSPS) is 12.0. The molecule has 0 saturated carbocycles. The van der Waals surface area contributed by atoms with E-state index < -0.39 is 0 Å². The Hall–Kier alpha value is -1.26. The summed E-state index contributed by atoms with van der Waals surface area (Å²) in [5.41, 5.74) is 3.49. The number of unbranched alkanes of at least 4 members (excludes halogenated alkanes) is 22. The number of esters is 2. The van der Waals surface area contributed by atoms with Crippen LogP contribution in [0.25, 0.3) is 0 Å². The molecule has 0 radical (unpaired) electrons. The molecular weight excluding hydrogens is 881 g/mol. The predicted molar refractivity (Wildman–Crippen MR) is 290 cm³/mol. The summed E-state index contributed by atoms with van der Waals surface area (Å²) in [7, 11) is 0. The Morgan fingerprint density at radius 1 is 0.431 bits per heavy atom. The summed E-state index contributed by atoms with van der Waals surface area (Å²) in [6, 6.07) is 8.19. The molecule has 0 aliphatic carbocycles. The fraction of sp³-hybridized carbons (Fsp3) is 0.750. The second kappa shape index (κ2) is 35.8. The van der Waals surface area contributed by atoms with Crippen molar-refractivity contribution >= 4 is 59.5 Å². The van der Waals surface area contributed by atoms with Crippen molar-refractivity contribution < 1.29 is 22.7 Å². The minimum absolute atomic E-state index is 0.174. The molecule has 2 aromatic carbocycles. The van der Waals surface area contributed by atoms with Crippen LogP contribution in [0.2, 0.25) is 0 Å². The lowest BCUT2D eigenvalue weighted by molar-refractivity contribution is -0.134. The molecule has 0 saturated heterocycles. The van der Waals surface area contributed by atoms with E-state index in [-0.39, 0.29) is 22.8 Å². The van der Waals surface area contributed by atoms with Gasteiger partial charge in [-0.1, -0.05) is 197 Å². The van der Waals surface area contributed by atoms with Crippen LogP contribution in [0.1, 0.15) is 245 Å². The van der Waals surface area contributed by atoms with Crippen LogP contribution in [0.3, 0.4) is 0 Å². The smallest absolute Gasteiger partial charge is 0.312 e. The highest BCUT2D eigenvalue weighted by Gasteiger charge is 2.25. The minimum atomic E-state index is -0.231. The second-order valence-corrected chi connectivity index (χ2v) is 24.6. The molecule has 0 N–H and O–H groups in total. The van der Waals surface area contributed by atoms with Crippen LogP contribution in [0.15, 0.2) is 34.1 Å². The molecule has 0 aliphatic rings. The Bertz CT molecular complexity index is 1460. The Balaban J connectivity index is 1.78. The highest BCUT2D eigenvalue weighted by atomic mass is 32.2. The van der Waals surface area contributed by atoms with E-state index in [1.807, 2.05) is 49.5 Å². The molecule has 0 heterocycles. The van der Waals surface area contributed by atoms with Crippen molar-refractivity contribution in [2.24, 2.45) is 0 Å². The lowest BCUT2D eigenvalue weighted by atomic mass is 9.86. The van der Waals surface area contributed by atoms with Crippen molar-refractivity contribution in [3.05, 3.63) is 46.5 Å². The lowest BCUT2D eigenvalue weighted by Gasteiger charge is -2.24. The van der Waals surface area contributed by atoms with E-state index >= 15 is 0 Å². The van der Waals surface area contributed by atoms with Crippen LogP contribution in [-0.4, -0.2) is 35.0 Å². The van der Waals surface area contributed by atoms with E-state index in [9.17, 15) is 9.59 Å². The maximum Gasteiger partial charge on any atom is 0.312 e. The van der Waals surface area contributed by atoms with E-state index in [4.69, 9.17) is 13.1 Å². The maximum absolute atomic E-state index is 13.0. The van der Waals surface area contributed by atoms with E-state index in [2.05, 4.69) is 67.5 Å². The molecule has 0 unspecified atom stereocenters. The summed E-state index contributed by atoms with van der Waals surface area (Å²) >= 11 is 6.38. The first-order valence-electron chi connectivity index (χ1n) is 26.1. The number of aryl methyl sites for hydroxylation is 2. The second-order valence-electron chi connectivity index (χ2n) is 20.4. The summed E-state index contributed by atoms with van der Waals surface area (Å²) in [6.07, 6.45) is 33.4. The van der Waals surface area contributed by atoms with Gasteiger partial charge in [0.05, 0.1) is 12.8 Å². The quantitative estimate of drug-likeness (QED) is 0.0283. The molecule has 2 aromatic rings. The third-order valence-corrected chi connectivity index (χ3v) is 16.0. The predicted octanol–water partition coefficient (Wildman–Crippen LogP) is 19.1. The number of rotatable bonds is 38. The number of hydrogen-bond donors (Lipinski definition) is 0. The van der Waals surface area contributed by atoms with Crippen molar-refractivity contribution in [1.29, 1.82) is 0 Å². The average Bonchev–Trinajstić information content (AvgIpc) is 3.24. The van der Waals surface area contributed by atoms with Crippen LogP contribution >= 0.6 is 47.6 Å². The number of carbonyl (C=O) groups excluding carboxylic acids is 2. The molecule has 0 bridgehead atoms. The van der Waals surface area contributed by atoms with E-state index in [0.717, 1.165) is 55.1 Å². The summed E-state index contributed by atoms with van der Waals surface area (Å²) in [5.74, 6) is 4.72. The van der Waals surface area contributed by atoms with Crippen LogP contribution in [0.4, 0.5) is 0 Å². The molecule has 0 amide bonds. The molecule has 5 nitrogen and oxygen atoms in total. The van der Waals surface area contributed by atoms with E-state index in [0.29, 0.717) is 24.3 Å². The molecule has 0 aliphatic heterocycles. The molecule has 0 spiro atoms. The van der Waals surface area contributed by atoms with Crippen molar-refractivity contribution in [1.82, 2.24) is 0 Å². The first-order chi connectivity index (χ1) is 31.2. The van der Waals surface area contributed by atoms with Gasteiger partial charge in [-0.3, -0.25) is 9.59 Å². The molecular formula is C56H94O5S4. The topological polar surface area (TPSA) is 61.8 Å². The van der Waals surface area contributed by atoms with Gasteiger partial charge in [0.2, 0.25) is 0 Å².